The highest BCUT2D eigenvalue weighted by Gasteiger charge is 2.18. The molecule has 3 nitrogen and oxygen atoms in total. The van der Waals surface area contributed by atoms with Crippen molar-refractivity contribution < 1.29 is 0 Å². The molecule has 29 heavy (non-hydrogen) atoms. The molecular formula is C26H25N3. The molecule has 0 saturated carbocycles. The van der Waals surface area contributed by atoms with E-state index in [9.17, 15) is 0 Å². The van der Waals surface area contributed by atoms with E-state index in [2.05, 4.69) is 88.8 Å². The van der Waals surface area contributed by atoms with Crippen LogP contribution in [-0.2, 0) is 6.42 Å². The van der Waals surface area contributed by atoms with Gasteiger partial charge in [-0.05, 0) is 55.7 Å². The van der Waals surface area contributed by atoms with Crippen LogP contribution in [0.5, 0.6) is 0 Å². The van der Waals surface area contributed by atoms with Crippen molar-refractivity contribution in [1.82, 2.24) is 0 Å². The number of anilines is 3. The average molecular weight is 380 g/mol. The van der Waals surface area contributed by atoms with Gasteiger partial charge in [0, 0.05) is 34.9 Å². The molecule has 3 aromatic rings. The van der Waals surface area contributed by atoms with Crippen molar-refractivity contribution in [3.8, 4) is 0 Å². The van der Waals surface area contributed by atoms with Crippen LogP contribution in [0.3, 0.4) is 0 Å². The van der Waals surface area contributed by atoms with E-state index in [1.54, 1.807) is 12.4 Å². The molecule has 4 rings (SSSR count). The highest BCUT2D eigenvalue weighted by molar-refractivity contribution is 5.84. The molecule has 0 fully saturated rings. The molecule has 3 aromatic carbocycles. The van der Waals surface area contributed by atoms with E-state index >= 15 is 0 Å². The third-order valence-electron chi connectivity index (χ3n) is 5.14. The number of benzene rings is 3. The van der Waals surface area contributed by atoms with Gasteiger partial charge in [-0.25, -0.2) is 0 Å². The van der Waals surface area contributed by atoms with Gasteiger partial charge in [-0.2, -0.15) is 0 Å². The summed E-state index contributed by atoms with van der Waals surface area (Å²) in [5, 5.41) is 0. The van der Waals surface area contributed by atoms with E-state index < -0.39 is 0 Å². The molecule has 0 bridgehead atoms. The van der Waals surface area contributed by atoms with Crippen LogP contribution in [0.15, 0.2) is 90.1 Å². The van der Waals surface area contributed by atoms with Gasteiger partial charge < -0.3 is 10.6 Å². The minimum Gasteiger partial charge on any atom is -0.403 e. The number of aryl methyl sites for hydroxylation is 1. The van der Waals surface area contributed by atoms with E-state index in [4.69, 9.17) is 5.73 Å². The van der Waals surface area contributed by atoms with Crippen LogP contribution >= 0.6 is 0 Å². The maximum absolute atomic E-state index is 5.75. The van der Waals surface area contributed by atoms with Gasteiger partial charge >= 0.3 is 0 Å². The Labute approximate surface area is 172 Å². The molecule has 3 heteroatoms. The Kier molecular flexibility index (Phi) is 5.57. The van der Waals surface area contributed by atoms with Crippen LogP contribution in [0.2, 0.25) is 0 Å². The van der Waals surface area contributed by atoms with Crippen molar-refractivity contribution in [1.29, 1.82) is 0 Å². The minimum absolute atomic E-state index is 0.769. The number of hydrogen-bond donors (Lipinski definition) is 1. The maximum Gasteiger partial charge on any atom is 0.0852 e. The summed E-state index contributed by atoms with van der Waals surface area (Å²) in [5.41, 5.74) is 13.6. The molecule has 2 N–H and O–H groups in total. The quantitative estimate of drug-likeness (QED) is 0.517. The summed E-state index contributed by atoms with van der Waals surface area (Å²) >= 11 is 0. The topological polar surface area (TPSA) is 41.6 Å². The summed E-state index contributed by atoms with van der Waals surface area (Å²) in [6.07, 6.45) is 10.0. The van der Waals surface area contributed by atoms with Crippen molar-refractivity contribution in [3.05, 3.63) is 102 Å². The number of nitrogens with zero attached hydrogens (tertiary/aromatic N) is 2. The summed E-state index contributed by atoms with van der Waals surface area (Å²) in [4.78, 5) is 6.66. The molecule has 144 valence electrons. The molecule has 0 heterocycles. The van der Waals surface area contributed by atoms with Crippen LogP contribution in [0.1, 0.15) is 30.0 Å². The van der Waals surface area contributed by atoms with Crippen LogP contribution < -0.4 is 10.6 Å². The monoisotopic (exact) mass is 379 g/mol. The Morgan fingerprint density at radius 3 is 2.41 bits per heavy atom. The van der Waals surface area contributed by atoms with Gasteiger partial charge in [-0.15, -0.1) is 0 Å². The molecule has 1 aliphatic carbocycles. The molecule has 0 spiro atoms. The summed E-state index contributed by atoms with van der Waals surface area (Å²) in [6, 6.07) is 25.5. The zero-order valence-corrected chi connectivity index (χ0v) is 16.6. The fourth-order valence-electron chi connectivity index (χ4n) is 3.78. The zero-order chi connectivity index (χ0) is 20.1. The summed E-state index contributed by atoms with van der Waals surface area (Å²) in [5.74, 6) is 0. The smallest absolute Gasteiger partial charge is 0.0852 e. The van der Waals surface area contributed by atoms with Crippen LogP contribution in [0, 0.1) is 0 Å². The number of fused-ring (bicyclic) bond motifs is 1. The van der Waals surface area contributed by atoms with Crippen molar-refractivity contribution in [2.75, 3.05) is 4.90 Å². The molecule has 0 radical (unpaired) electrons. The van der Waals surface area contributed by atoms with Crippen LogP contribution in [-0.4, -0.2) is 6.21 Å². The zero-order valence-electron chi connectivity index (χ0n) is 16.6. The van der Waals surface area contributed by atoms with E-state index in [0.29, 0.717) is 0 Å². The highest BCUT2D eigenvalue weighted by atomic mass is 15.1. The van der Waals surface area contributed by atoms with Gasteiger partial charge in [0.25, 0.3) is 0 Å². The van der Waals surface area contributed by atoms with Gasteiger partial charge in [0.1, 0.15) is 0 Å². The molecule has 0 aliphatic heterocycles. The van der Waals surface area contributed by atoms with Gasteiger partial charge in [0.2, 0.25) is 0 Å². The molecule has 1 aliphatic rings. The second kappa shape index (κ2) is 8.61. The fraction of sp³-hybridized carbons (Fsp3) is 0.115. The third-order valence-corrected chi connectivity index (χ3v) is 5.14. The van der Waals surface area contributed by atoms with E-state index in [-0.39, 0.29) is 0 Å². The Morgan fingerprint density at radius 1 is 0.931 bits per heavy atom. The number of allylic oxidation sites excluding steroid dienone is 1. The first kappa shape index (κ1) is 18.8. The standard InChI is InChI=1S/C26H25N3/c1-2-28-25(19-27)21-15-17-23(18-16-21)29(22-11-4-3-5-12-22)26-14-8-10-20-9-6-7-13-24(20)26/h2-5,7-8,10-19H,6,9,27H2,1H3/b25-19-,28-2?. The van der Waals surface area contributed by atoms with Gasteiger partial charge in [-0.3, -0.25) is 4.99 Å². The second-order valence-corrected chi connectivity index (χ2v) is 6.95. The van der Waals surface area contributed by atoms with Crippen molar-refractivity contribution >= 4 is 35.0 Å². The van der Waals surface area contributed by atoms with Gasteiger partial charge in [0.05, 0.1) is 11.4 Å². The molecular weight excluding hydrogens is 354 g/mol. The summed E-state index contributed by atoms with van der Waals surface area (Å²) < 4.78 is 0. The van der Waals surface area contributed by atoms with E-state index in [0.717, 1.165) is 35.5 Å². The summed E-state index contributed by atoms with van der Waals surface area (Å²) in [6.45, 7) is 1.89. The molecule has 0 saturated heterocycles. The van der Waals surface area contributed by atoms with E-state index in [1.165, 1.54) is 16.8 Å². The van der Waals surface area contributed by atoms with E-state index in [1.807, 2.05) is 13.0 Å². The number of hydrogen-bond acceptors (Lipinski definition) is 3. The number of nitrogens with two attached hydrogens (primary N) is 1. The predicted octanol–water partition coefficient (Wildman–Crippen LogP) is 6.46. The number of aliphatic imine (C=N–C) groups is 1. The normalized spacial score (nSPS) is 13.5. The Balaban J connectivity index is 1.83. The first-order valence-corrected chi connectivity index (χ1v) is 9.96. The molecule has 0 unspecified atom stereocenters. The fourth-order valence-corrected chi connectivity index (χ4v) is 3.78. The van der Waals surface area contributed by atoms with Crippen LogP contribution in [0.25, 0.3) is 11.8 Å². The Hall–Kier alpha value is -3.59. The lowest BCUT2D eigenvalue weighted by Gasteiger charge is -2.29. The summed E-state index contributed by atoms with van der Waals surface area (Å²) in [7, 11) is 0. The van der Waals surface area contributed by atoms with Crippen molar-refractivity contribution in [3.63, 3.8) is 0 Å². The predicted molar refractivity (Wildman–Crippen MR) is 125 cm³/mol. The Morgan fingerprint density at radius 2 is 1.69 bits per heavy atom. The number of para-hydroxylation sites is 1. The number of rotatable bonds is 5. The lowest BCUT2D eigenvalue weighted by Crippen LogP contribution is -2.13. The van der Waals surface area contributed by atoms with Gasteiger partial charge in [0.15, 0.2) is 0 Å². The molecule has 0 amide bonds. The van der Waals surface area contributed by atoms with Crippen molar-refractivity contribution in [2.45, 2.75) is 19.8 Å². The average Bonchev–Trinajstić information content (AvgIpc) is 2.79. The lowest BCUT2D eigenvalue weighted by molar-refractivity contribution is 0.984. The molecule has 0 aromatic heterocycles. The lowest BCUT2D eigenvalue weighted by atomic mass is 9.95. The van der Waals surface area contributed by atoms with Gasteiger partial charge in [-0.1, -0.05) is 54.6 Å². The second-order valence-electron chi connectivity index (χ2n) is 6.95. The van der Waals surface area contributed by atoms with Crippen LogP contribution in [0.4, 0.5) is 17.1 Å². The Bertz CT molecular complexity index is 1060. The maximum atomic E-state index is 5.75. The largest absolute Gasteiger partial charge is 0.403 e. The minimum atomic E-state index is 0.769. The first-order chi connectivity index (χ1) is 14.3. The van der Waals surface area contributed by atoms with Crippen molar-refractivity contribution in [2.24, 2.45) is 10.7 Å². The molecule has 0 atom stereocenters. The first-order valence-electron chi connectivity index (χ1n) is 9.96. The highest BCUT2D eigenvalue weighted by Crippen LogP contribution is 2.39. The SMILES string of the molecule is CC=N/C(=C\N)c1ccc(N(c2ccccc2)c2cccc3c2C=CCC3)cc1. The third kappa shape index (κ3) is 3.85.